The molecule has 2 heterocycles. The number of rotatable bonds is 8. The average molecular weight is 382 g/mol. The van der Waals surface area contributed by atoms with Crippen LogP contribution in [0.5, 0.6) is 0 Å². The smallest absolute Gasteiger partial charge is 0.252 e. The summed E-state index contributed by atoms with van der Waals surface area (Å²) in [6, 6.07) is 12.6. The van der Waals surface area contributed by atoms with Crippen molar-refractivity contribution in [2.45, 2.75) is 13.0 Å². The number of hydrogen-bond acceptors (Lipinski definition) is 5. The predicted molar refractivity (Wildman–Crippen MR) is 114 cm³/mol. The lowest BCUT2D eigenvalue weighted by Gasteiger charge is -2.36. The molecule has 1 aromatic carbocycles. The van der Waals surface area contributed by atoms with E-state index in [9.17, 15) is 4.79 Å². The van der Waals surface area contributed by atoms with Crippen molar-refractivity contribution in [1.29, 1.82) is 0 Å². The molecule has 150 valence electrons. The first-order valence-electron chi connectivity index (χ1n) is 10.0. The Hall–Kier alpha value is -2.44. The predicted octanol–water partition coefficient (Wildman–Crippen LogP) is 2.09. The minimum atomic E-state index is -0.0455. The van der Waals surface area contributed by atoms with E-state index in [-0.39, 0.29) is 5.91 Å². The zero-order valence-electron chi connectivity index (χ0n) is 17.0. The Balaban J connectivity index is 1.49. The van der Waals surface area contributed by atoms with Crippen LogP contribution in [0.25, 0.3) is 0 Å². The molecule has 1 aliphatic rings. The van der Waals surface area contributed by atoms with Crippen LogP contribution in [0.4, 0.5) is 5.69 Å². The van der Waals surface area contributed by atoms with Gasteiger partial charge in [0, 0.05) is 45.5 Å². The molecule has 1 fully saturated rings. The zero-order chi connectivity index (χ0) is 19.8. The van der Waals surface area contributed by atoms with E-state index in [1.807, 2.05) is 26.4 Å². The SMILES string of the molecule is CN(C)CCCNC(=O)c1cncc(N2CCN(Cc3ccccc3)CC2)c1. The Morgan fingerprint density at radius 1 is 1.11 bits per heavy atom. The molecule has 0 atom stereocenters. The fourth-order valence-electron chi connectivity index (χ4n) is 3.43. The summed E-state index contributed by atoms with van der Waals surface area (Å²) in [5, 5.41) is 2.99. The van der Waals surface area contributed by atoms with Crippen LogP contribution in [0.2, 0.25) is 0 Å². The Morgan fingerprint density at radius 3 is 2.57 bits per heavy atom. The number of nitrogens with zero attached hydrogens (tertiary/aromatic N) is 4. The molecule has 6 nitrogen and oxygen atoms in total. The van der Waals surface area contributed by atoms with Gasteiger partial charge in [0.2, 0.25) is 0 Å². The number of amides is 1. The van der Waals surface area contributed by atoms with Gasteiger partial charge >= 0.3 is 0 Å². The molecule has 1 amide bonds. The normalized spacial score (nSPS) is 15.0. The Labute approximate surface area is 168 Å². The van der Waals surface area contributed by atoms with Gasteiger partial charge in [-0.05, 0) is 38.7 Å². The first-order chi connectivity index (χ1) is 13.6. The van der Waals surface area contributed by atoms with Crippen molar-refractivity contribution in [3.8, 4) is 0 Å². The van der Waals surface area contributed by atoms with Crippen LogP contribution in [0.3, 0.4) is 0 Å². The Morgan fingerprint density at radius 2 is 1.86 bits per heavy atom. The maximum absolute atomic E-state index is 12.4. The number of aromatic nitrogens is 1. The van der Waals surface area contributed by atoms with Gasteiger partial charge in [-0.25, -0.2) is 0 Å². The summed E-state index contributed by atoms with van der Waals surface area (Å²) < 4.78 is 0. The third kappa shape index (κ3) is 6.04. The number of hydrogen-bond donors (Lipinski definition) is 1. The highest BCUT2D eigenvalue weighted by Crippen LogP contribution is 2.18. The largest absolute Gasteiger partial charge is 0.368 e. The molecule has 2 aromatic rings. The van der Waals surface area contributed by atoms with E-state index in [1.54, 1.807) is 6.20 Å². The molecule has 1 aliphatic heterocycles. The molecule has 3 rings (SSSR count). The van der Waals surface area contributed by atoms with Gasteiger partial charge in [0.25, 0.3) is 5.91 Å². The van der Waals surface area contributed by atoms with E-state index < -0.39 is 0 Å². The lowest BCUT2D eigenvalue weighted by atomic mass is 10.2. The third-order valence-corrected chi connectivity index (χ3v) is 5.04. The maximum atomic E-state index is 12.4. The first-order valence-corrected chi connectivity index (χ1v) is 10.0. The van der Waals surface area contributed by atoms with Gasteiger partial charge in [0.05, 0.1) is 17.4 Å². The summed E-state index contributed by atoms with van der Waals surface area (Å²) >= 11 is 0. The molecule has 6 heteroatoms. The average Bonchev–Trinajstić information content (AvgIpc) is 2.72. The van der Waals surface area contributed by atoms with Crippen LogP contribution < -0.4 is 10.2 Å². The second kappa shape index (κ2) is 10.2. The molecule has 0 unspecified atom stereocenters. The Kier molecular flexibility index (Phi) is 7.39. The molecule has 0 radical (unpaired) electrons. The van der Waals surface area contributed by atoms with E-state index in [0.29, 0.717) is 12.1 Å². The van der Waals surface area contributed by atoms with E-state index in [4.69, 9.17) is 0 Å². The van der Waals surface area contributed by atoms with Gasteiger partial charge in [-0.15, -0.1) is 0 Å². The number of anilines is 1. The minimum Gasteiger partial charge on any atom is -0.368 e. The maximum Gasteiger partial charge on any atom is 0.252 e. The highest BCUT2D eigenvalue weighted by molar-refractivity contribution is 5.94. The lowest BCUT2D eigenvalue weighted by molar-refractivity contribution is 0.0952. The van der Waals surface area contributed by atoms with Crippen LogP contribution in [-0.2, 0) is 6.54 Å². The molecule has 0 aliphatic carbocycles. The summed E-state index contributed by atoms with van der Waals surface area (Å²) in [5.41, 5.74) is 3.01. The van der Waals surface area contributed by atoms with Crippen LogP contribution in [0.15, 0.2) is 48.8 Å². The third-order valence-electron chi connectivity index (χ3n) is 5.04. The van der Waals surface area contributed by atoms with Crippen LogP contribution in [-0.4, -0.2) is 74.1 Å². The quantitative estimate of drug-likeness (QED) is 0.710. The molecule has 1 N–H and O–H groups in total. The zero-order valence-corrected chi connectivity index (χ0v) is 17.0. The van der Waals surface area contributed by atoms with Gasteiger partial charge < -0.3 is 15.1 Å². The number of benzene rings is 1. The Bertz CT molecular complexity index is 742. The van der Waals surface area contributed by atoms with Crippen LogP contribution in [0.1, 0.15) is 22.3 Å². The van der Waals surface area contributed by atoms with E-state index in [1.165, 1.54) is 5.56 Å². The fourth-order valence-corrected chi connectivity index (χ4v) is 3.43. The summed E-state index contributed by atoms with van der Waals surface area (Å²) in [7, 11) is 4.07. The fraction of sp³-hybridized carbons (Fsp3) is 0.455. The van der Waals surface area contributed by atoms with Crippen molar-refractivity contribution in [1.82, 2.24) is 20.1 Å². The lowest BCUT2D eigenvalue weighted by Crippen LogP contribution is -2.46. The molecule has 0 bridgehead atoms. The standard InChI is InChI=1S/C22H31N5O/c1-25(2)10-6-9-24-22(28)20-15-21(17-23-16-20)27-13-11-26(12-14-27)18-19-7-4-3-5-8-19/h3-5,7-8,15-17H,6,9-14,18H2,1-2H3,(H,24,28). The van der Waals surface area contributed by atoms with Crippen molar-refractivity contribution in [3.05, 3.63) is 59.9 Å². The summed E-state index contributed by atoms with van der Waals surface area (Å²) in [6.07, 6.45) is 4.45. The second-order valence-electron chi connectivity index (χ2n) is 7.59. The van der Waals surface area contributed by atoms with Crippen molar-refractivity contribution < 1.29 is 4.79 Å². The summed E-state index contributed by atoms with van der Waals surface area (Å²) in [5.74, 6) is -0.0455. The molecule has 0 saturated carbocycles. The van der Waals surface area contributed by atoms with Crippen molar-refractivity contribution in [2.24, 2.45) is 0 Å². The summed E-state index contributed by atoms with van der Waals surface area (Å²) in [4.78, 5) is 23.6. The number of pyridine rings is 1. The number of nitrogens with one attached hydrogen (secondary N) is 1. The molecular weight excluding hydrogens is 350 g/mol. The monoisotopic (exact) mass is 381 g/mol. The van der Waals surface area contributed by atoms with Crippen molar-refractivity contribution in [3.63, 3.8) is 0 Å². The number of carbonyl (C=O) groups is 1. The first kappa shape index (κ1) is 20.3. The van der Waals surface area contributed by atoms with E-state index in [0.717, 1.165) is 51.4 Å². The highest BCUT2D eigenvalue weighted by atomic mass is 16.1. The molecular formula is C22H31N5O. The minimum absolute atomic E-state index is 0.0455. The molecule has 1 aromatic heterocycles. The van der Waals surface area contributed by atoms with Crippen molar-refractivity contribution >= 4 is 11.6 Å². The summed E-state index contributed by atoms with van der Waals surface area (Å²) in [6.45, 7) is 6.55. The molecule has 0 spiro atoms. The highest BCUT2D eigenvalue weighted by Gasteiger charge is 2.18. The molecule has 28 heavy (non-hydrogen) atoms. The van der Waals surface area contributed by atoms with E-state index in [2.05, 4.69) is 55.3 Å². The van der Waals surface area contributed by atoms with E-state index >= 15 is 0 Å². The van der Waals surface area contributed by atoms with Gasteiger partial charge in [-0.1, -0.05) is 30.3 Å². The van der Waals surface area contributed by atoms with Gasteiger partial charge in [-0.2, -0.15) is 0 Å². The van der Waals surface area contributed by atoms with Crippen LogP contribution in [0, 0.1) is 0 Å². The number of piperazine rings is 1. The second-order valence-corrected chi connectivity index (χ2v) is 7.59. The number of carbonyl (C=O) groups excluding carboxylic acids is 1. The van der Waals surface area contributed by atoms with Gasteiger partial charge in [0.15, 0.2) is 0 Å². The van der Waals surface area contributed by atoms with Gasteiger partial charge in [-0.3, -0.25) is 14.7 Å². The topological polar surface area (TPSA) is 51.7 Å². The molecule has 1 saturated heterocycles. The van der Waals surface area contributed by atoms with Gasteiger partial charge in [0.1, 0.15) is 0 Å². The van der Waals surface area contributed by atoms with Crippen molar-refractivity contribution in [2.75, 3.05) is 58.3 Å². The van der Waals surface area contributed by atoms with Crippen LogP contribution >= 0.6 is 0 Å².